The van der Waals surface area contributed by atoms with Gasteiger partial charge in [-0.1, -0.05) is 0 Å². The summed E-state index contributed by atoms with van der Waals surface area (Å²) in [5.74, 6) is 1.89. The molecule has 0 spiro atoms. The van der Waals surface area contributed by atoms with E-state index < -0.39 is 14.8 Å². The van der Waals surface area contributed by atoms with E-state index in [-0.39, 0.29) is 0 Å². The van der Waals surface area contributed by atoms with Crippen molar-refractivity contribution >= 4 is 14.8 Å². The van der Waals surface area contributed by atoms with E-state index >= 15 is 0 Å². The van der Waals surface area contributed by atoms with Crippen LogP contribution in [-0.4, -0.2) is 14.8 Å². The number of nitrogens with two attached hydrogens (primary N) is 2. The van der Waals surface area contributed by atoms with Crippen molar-refractivity contribution in [1.29, 1.82) is 0 Å². The fourth-order valence-electron chi connectivity index (χ4n) is 0. The first-order chi connectivity index (χ1) is 1.73. The molecule has 0 aliphatic carbocycles. The monoisotopic (exact) mass is 121 g/mol. The van der Waals surface area contributed by atoms with Gasteiger partial charge < -0.3 is 0 Å². The molecular weight excluding hydrogens is 113 g/mol. The molecule has 0 rings (SSSR count). The molecule has 0 bridgehead atoms. The Bertz CT molecular complexity index is 10.8. The van der Waals surface area contributed by atoms with Crippen molar-refractivity contribution in [2.45, 2.75) is 5.76 Å². The van der Waals surface area contributed by atoms with Crippen LogP contribution in [0, 0.1) is 0 Å². The maximum atomic E-state index is 5.06. The summed E-state index contributed by atoms with van der Waals surface area (Å²) < 4.78 is 10.1. The first kappa shape index (κ1) is 4.46. The second kappa shape index (κ2) is 1.75. The van der Waals surface area contributed by atoms with Gasteiger partial charge in [-0.2, -0.15) is 0 Å². The van der Waals surface area contributed by atoms with Gasteiger partial charge >= 0.3 is 29.9 Å². The Balaban J connectivity index is 2.32. The topological polar surface area (TPSA) is 52.0 Å². The van der Waals surface area contributed by atoms with Crippen LogP contribution in [0.4, 0.5) is 0 Å². The van der Waals surface area contributed by atoms with Gasteiger partial charge in [0.2, 0.25) is 0 Å². The van der Waals surface area contributed by atoms with Crippen LogP contribution in [-0.2, 0) is 0 Å². The van der Waals surface area contributed by atoms with Gasteiger partial charge in [0, 0.05) is 0 Å². The normalized spacial score (nSPS) is 9.00. The van der Waals surface area contributed by atoms with Crippen molar-refractivity contribution in [3.63, 3.8) is 0 Å². The standard InChI is InChI=1S/CH7GeN2/c1-2(3)4/h3-4H2,1H3. The van der Waals surface area contributed by atoms with E-state index in [1.165, 1.54) is 0 Å². The van der Waals surface area contributed by atoms with Crippen molar-refractivity contribution < 1.29 is 0 Å². The minimum absolute atomic E-state index is 1.33. The van der Waals surface area contributed by atoms with Crippen molar-refractivity contribution in [3.8, 4) is 0 Å². The zero-order valence-electron chi connectivity index (χ0n) is 2.65. The predicted octanol–water partition coefficient (Wildman–Crippen LogP) is -0.978. The van der Waals surface area contributed by atoms with Crippen molar-refractivity contribution in [3.05, 3.63) is 0 Å². The zero-order chi connectivity index (χ0) is 3.58. The second-order valence-corrected chi connectivity index (χ2v) is 3.87. The third-order valence-corrected chi connectivity index (χ3v) is 0. The fraction of sp³-hybridized carbons (Fsp3) is 1.00. The molecule has 4 N–H and O–H groups in total. The molecule has 0 amide bonds. The Morgan fingerprint density at radius 3 is 1.50 bits per heavy atom. The van der Waals surface area contributed by atoms with Crippen molar-refractivity contribution in [1.82, 2.24) is 0 Å². The summed E-state index contributed by atoms with van der Waals surface area (Å²) in [6, 6.07) is 0. The first-order valence-corrected chi connectivity index (χ1v) is 5.60. The van der Waals surface area contributed by atoms with Gasteiger partial charge in [-0.15, -0.1) is 0 Å². The molecule has 0 aromatic carbocycles. The van der Waals surface area contributed by atoms with Gasteiger partial charge in [0.05, 0.1) is 0 Å². The molecule has 25 valence electrons. The molecule has 0 atom stereocenters. The van der Waals surface area contributed by atoms with Gasteiger partial charge in [-0.05, 0) is 0 Å². The van der Waals surface area contributed by atoms with Gasteiger partial charge in [-0.3, -0.25) is 0 Å². The Kier molecular flexibility index (Phi) is 1.95. The van der Waals surface area contributed by atoms with E-state index in [0.717, 1.165) is 0 Å². The Morgan fingerprint density at radius 1 is 1.50 bits per heavy atom. The molecule has 0 aliphatic rings. The summed E-state index contributed by atoms with van der Waals surface area (Å²) in [6.07, 6.45) is 0. The number of hydrogen-bond donors (Lipinski definition) is 2. The minimum atomic E-state index is -1.33. The third kappa shape index (κ3) is 24.6. The van der Waals surface area contributed by atoms with Gasteiger partial charge in [0.15, 0.2) is 0 Å². The molecule has 0 heterocycles. The predicted molar refractivity (Wildman–Crippen MR) is 20.0 cm³/mol. The van der Waals surface area contributed by atoms with E-state index in [0.29, 0.717) is 0 Å². The Labute approximate surface area is 30.7 Å². The van der Waals surface area contributed by atoms with Crippen LogP contribution >= 0.6 is 0 Å². The summed E-state index contributed by atoms with van der Waals surface area (Å²) in [5.41, 5.74) is 0. The summed E-state index contributed by atoms with van der Waals surface area (Å²) in [4.78, 5) is 0. The molecule has 4 heavy (non-hydrogen) atoms. The molecule has 0 aliphatic heterocycles. The zero-order valence-corrected chi connectivity index (χ0v) is 4.75. The number of rotatable bonds is 0. The van der Waals surface area contributed by atoms with Crippen LogP contribution in [0.1, 0.15) is 0 Å². The van der Waals surface area contributed by atoms with Crippen molar-refractivity contribution in [2.75, 3.05) is 0 Å². The molecular formula is CH7GeN2. The van der Waals surface area contributed by atoms with Gasteiger partial charge in [0.1, 0.15) is 0 Å². The SMILES string of the molecule is [CH3][Ge]([NH2])[NH2]. The molecule has 1 radical (unpaired) electrons. The van der Waals surface area contributed by atoms with Crippen LogP contribution in [0.15, 0.2) is 0 Å². The summed E-state index contributed by atoms with van der Waals surface area (Å²) in [6.45, 7) is 0. The van der Waals surface area contributed by atoms with E-state index in [1.807, 2.05) is 5.76 Å². The van der Waals surface area contributed by atoms with Gasteiger partial charge in [0.25, 0.3) is 0 Å². The van der Waals surface area contributed by atoms with Gasteiger partial charge in [-0.25, -0.2) is 0 Å². The van der Waals surface area contributed by atoms with Crippen LogP contribution < -0.4 is 9.38 Å². The molecule has 0 aromatic rings. The molecule has 0 fully saturated rings. The van der Waals surface area contributed by atoms with Crippen LogP contribution in [0.3, 0.4) is 0 Å². The van der Waals surface area contributed by atoms with E-state index in [1.54, 1.807) is 0 Å². The molecule has 0 aromatic heterocycles. The average Bonchev–Trinajstić information content (AvgIpc) is 0.811. The third-order valence-electron chi connectivity index (χ3n) is 0. The molecule has 3 heteroatoms. The fourth-order valence-corrected chi connectivity index (χ4v) is 0. The van der Waals surface area contributed by atoms with Crippen LogP contribution in [0.25, 0.3) is 0 Å². The van der Waals surface area contributed by atoms with E-state index in [4.69, 9.17) is 9.38 Å². The summed E-state index contributed by atoms with van der Waals surface area (Å²) >= 11 is -1.33. The van der Waals surface area contributed by atoms with E-state index in [2.05, 4.69) is 0 Å². The second-order valence-electron chi connectivity index (χ2n) is 0.744. The molecule has 0 saturated heterocycles. The van der Waals surface area contributed by atoms with E-state index in [9.17, 15) is 0 Å². The summed E-state index contributed by atoms with van der Waals surface area (Å²) in [5, 5.41) is 0. The molecule has 0 saturated carbocycles. The van der Waals surface area contributed by atoms with Crippen molar-refractivity contribution in [2.24, 2.45) is 9.38 Å². The number of hydrogen-bond acceptors (Lipinski definition) is 2. The molecule has 0 unspecified atom stereocenters. The van der Waals surface area contributed by atoms with Crippen LogP contribution in [0.2, 0.25) is 5.76 Å². The van der Waals surface area contributed by atoms with Crippen LogP contribution in [0.5, 0.6) is 0 Å². The Hall–Kier alpha value is 0.463. The quantitative estimate of drug-likeness (QED) is 0.403. The first-order valence-electron chi connectivity index (χ1n) is 1.08. The summed E-state index contributed by atoms with van der Waals surface area (Å²) in [7, 11) is 0. The average molecular weight is 120 g/mol. The maximum absolute atomic E-state index is 5.06. The molecule has 2 nitrogen and oxygen atoms in total. The Morgan fingerprint density at radius 2 is 1.50 bits per heavy atom.